The number of piperidine rings is 1. The van der Waals surface area contributed by atoms with Gasteiger partial charge in [0.25, 0.3) is 5.56 Å². The van der Waals surface area contributed by atoms with Crippen molar-refractivity contribution in [2.24, 2.45) is 5.92 Å². The summed E-state index contributed by atoms with van der Waals surface area (Å²) < 4.78 is 7.88. The van der Waals surface area contributed by atoms with Crippen LogP contribution in [0.25, 0.3) is 10.9 Å². The Kier molecular flexibility index (Phi) is 5.41. The number of rotatable bonds is 6. The maximum atomic E-state index is 12.6. The molecule has 3 atom stereocenters. The minimum Gasteiger partial charge on any atom is -0.489 e. The first-order valence-electron chi connectivity index (χ1n) is 12.0. The van der Waals surface area contributed by atoms with Gasteiger partial charge in [0, 0.05) is 60.0 Å². The molecule has 0 radical (unpaired) electrons. The second-order valence-corrected chi connectivity index (χ2v) is 9.62. The highest BCUT2D eigenvalue weighted by molar-refractivity contribution is 5.90. The molecular weight excluding hydrogens is 442 g/mol. The quantitative estimate of drug-likeness (QED) is 0.443. The molecule has 7 heteroatoms. The number of carboxylic acids is 1. The summed E-state index contributed by atoms with van der Waals surface area (Å²) in [7, 11) is 0. The van der Waals surface area contributed by atoms with Gasteiger partial charge in [0.05, 0.1) is 0 Å². The molecule has 0 saturated carbocycles. The van der Waals surface area contributed by atoms with E-state index < -0.39 is 12.0 Å². The fraction of sp³-hybridized carbons (Fsp3) is 0.286. The fourth-order valence-corrected chi connectivity index (χ4v) is 5.81. The van der Waals surface area contributed by atoms with Gasteiger partial charge in [-0.15, -0.1) is 0 Å². The monoisotopic (exact) mass is 469 g/mol. The number of nitrogens with zero attached hydrogens (tertiary/aromatic N) is 2. The molecule has 0 unspecified atom stereocenters. The number of pyridine rings is 1. The molecule has 2 aliphatic heterocycles. The molecule has 4 aromatic rings. The SMILES string of the molecule is O=C(O)[C@@H](c1c[nH]c2ccc(OCc3ccccc3)cc12)N1C[C@H]2C[C@@H](C1)c1cccc(=O)n1C2. The lowest BCUT2D eigenvalue weighted by atomic mass is 9.82. The van der Waals surface area contributed by atoms with Gasteiger partial charge in [0.1, 0.15) is 18.4 Å². The predicted molar refractivity (Wildman–Crippen MR) is 133 cm³/mol. The van der Waals surface area contributed by atoms with Gasteiger partial charge in [-0.25, -0.2) is 0 Å². The normalized spacial score (nSPS) is 20.3. The topological polar surface area (TPSA) is 87.6 Å². The van der Waals surface area contributed by atoms with Crippen LogP contribution in [0.5, 0.6) is 5.75 Å². The molecule has 35 heavy (non-hydrogen) atoms. The van der Waals surface area contributed by atoms with Crippen molar-refractivity contribution in [2.45, 2.75) is 31.5 Å². The Labute approximate surface area is 202 Å². The molecule has 178 valence electrons. The molecule has 1 saturated heterocycles. The number of aromatic amines is 1. The summed E-state index contributed by atoms with van der Waals surface area (Å²) in [4.78, 5) is 30.3. The molecule has 2 aliphatic rings. The molecule has 2 aromatic carbocycles. The number of H-pyrrole nitrogens is 1. The molecule has 2 N–H and O–H groups in total. The third-order valence-corrected chi connectivity index (χ3v) is 7.34. The van der Waals surface area contributed by atoms with E-state index in [0.717, 1.165) is 34.1 Å². The van der Waals surface area contributed by atoms with Crippen LogP contribution in [0.1, 0.15) is 35.2 Å². The minimum atomic E-state index is -0.869. The number of aliphatic carboxylic acids is 1. The fourth-order valence-electron chi connectivity index (χ4n) is 5.81. The summed E-state index contributed by atoms with van der Waals surface area (Å²) in [6.45, 7) is 2.33. The summed E-state index contributed by atoms with van der Waals surface area (Å²) in [5.41, 5.74) is 3.73. The summed E-state index contributed by atoms with van der Waals surface area (Å²) in [6.07, 6.45) is 2.80. The lowest BCUT2D eigenvalue weighted by molar-refractivity contribution is -0.144. The van der Waals surface area contributed by atoms with Crippen LogP contribution in [-0.2, 0) is 17.9 Å². The summed E-state index contributed by atoms with van der Waals surface area (Å²) in [5.74, 6) is 0.230. The summed E-state index contributed by atoms with van der Waals surface area (Å²) >= 11 is 0. The van der Waals surface area contributed by atoms with Gasteiger partial charge in [-0.2, -0.15) is 0 Å². The lowest BCUT2D eigenvalue weighted by Crippen LogP contribution is -2.49. The highest BCUT2D eigenvalue weighted by Gasteiger charge is 2.40. The van der Waals surface area contributed by atoms with Crippen LogP contribution in [0, 0.1) is 5.92 Å². The van der Waals surface area contributed by atoms with E-state index in [-0.39, 0.29) is 17.4 Å². The molecule has 4 heterocycles. The Balaban J connectivity index is 1.30. The Morgan fingerprint density at radius 2 is 1.91 bits per heavy atom. The highest BCUT2D eigenvalue weighted by Crippen LogP contribution is 2.40. The zero-order valence-electron chi connectivity index (χ0n) is 19.3. The highest BCUT2D eigenvalue weighted by atomic mass is 16.5. The van der Waals surface area contributed by atoms with Crippen LogP contribution >= 0.6 is 0 Å². The molecule has 0 aliphatic carbocycles. The maximum absolute atomic E-state index is 12.6. The standard InChI is InChI=1S/C28H27N3O4/c32-26-8-4-7-25-20-11-19(15-31(25)26)14-30(16-20)27(28(33)34)23-13-29-24-10-9-21(12-22(23)24)35-17-18-5-2-1-3-6-18/h1-10,12-13,19-20,27,29H,11,14-17H2,(H,33,34)/t19-,20+,27-/m1/s1. The van der Waals surface area contributed by atoms with Crippen molar-refractivity contribution in [2.75, 3.05) is 13.1 Å². The van der Waals surface area contributed by atoms with E-state index in [1.165, 1.54) is 0 Å². The van der Waals surface area contributed by atoms with Crippen molar-refractivity contribution in [1.82, 2.24) is 14.5 Å². The third kappa shape index (κ3) is 4.02. The van der Waals surface area contributed by atoms with Crippen molar-refractivity contribution in [1.29, 1.82) is 0 Å². The van der Waals surface area contributed by atoms with E-state index in [1.54, 1.807) is 12.1 Å². The smallest absolute Gasteiger partial charge is 0.325 e. The van der Waals surface area contributed by atoms with Gasteiger partial charge in [0.2, 0.25) is 0 Å². The molecular formula is C28H27N3O4. The van der Waals surface area contributed by atoms with E-state index >= 15 is 0 Å². The number of benzene rings is 2. The molecule has 2 aromatic heterocycles. The van der Waals surface area contributed by atoms with Gasteiger partial charge in [0.15, 0.2) is 0 Å². The summed E-state index contributed by atoms with van der Waals surface area (Å²) in [5, 5.41) is 11.2. The Morgan fingerprint density at radius 1 is 1.06 bits per heavy atom. The zero-order chi connectivity index (χ0) is 23.9. The number of aromatic nitrogens is 2. The van der Waals surface area contributed by atoms with Gasteiger partial charge in [-0.3, -0.25) is 14.5 Å². The first kappa shape index (κ1) is 21.7. The molecule has 0 amide bonds. The maximum Gasteiger partial charge on any atom is 0.325 e. The number of ether oxygens (including phenoxy) is 1. The van der Waals surface area contributed by atoms with Gasteiger partial charge in [-0.1, -0.05) is 36.4 Å². The summed E-state index contributed by atoms with van der Waals surface area (Å²) in [6, 6.07) is 20.4. The molecule has 7 nitrogen and oxygen atoms in total. The Morgan fingerprint density at radius 3 is 2.74 bits per heavy atom. The number of fused-ring (bicyclic) bond motifs is 5. The lowest BCUT2D eigenvalue weighted by Gasteiger charge is -2.44. The largest absolute Gasteiger partial charge is 0.489 e. The predicted octanol–water partition coefficient (Wildman–Crippen LogP) is 4.15. The molecule has 2 bridgehead atoms. The number of hydrogen-bond acceptors (Lipinski definition) is 4. The van der Waals surface area contributed by atoms with Crippen molar-refractivity contribution in [3.05, 3.63) is 100 Å². The first-order valence-corrected chi connectivity index (χ1v) is 12.0. The zero-order valence-corrected chi connectivity index (χ0v) is 19.3. The van der Waals surface area contributed by atoms with E-state index in [2.05, 4.69) is 9.88 Å². The Bertz CT molecular complexity index is 1440. The number of nitrogens with one attached hydrogen (secondary N) is 1. The van der Waals surface area contributed by atoms with Crippen molar-refractivity contribution in [3.63, 3.8) is 0 Å². The second kappa shape index (κ2) is 8.74. The number of likely N-dealkylation sites (tertiary alicyclic amines) is 1. The molecule has 6 rings (SSSR count). The van der Waals surface area contributed by atoms with Crippen LogP contribution in [0.15, 0.2) is 77.7 Å². The minimum absolute atomic E-state index is 0.0279. The van der Waals surface area contributed by atoms with Crippen molar-refractivity contribution in [3.8, 4) is 5.75 Å². The van der Waals surface area contributed by atoms with E-state index in [0.29, 0.717) is 32.0 Å². The number of carboxylic acid groups (broad SMARTS) is 1. The number of carbonyl (C=O) groups is 1. The number of hydrogen-bond donors (Lipinski definition) is 2. The van der Waals surface area contributed by atoms with Crippen molar-refractivity contribution < 1.29 is 14.6 Å². The average Bonchev–Trinajstić information content (AvgIpc) is 3.27. The van der Waals surface area contributed by atoms with Crippen LogP contribution < -0.4 is 10.3 Å². The van der Waals surface area contributed by atoms with Gasteiger partial charge in [-0.05, 0) is 42.2 Å². The van der Waals surface area contributed by atoms with Crippen LogP contribution in [0.2, 0.25) is 0 Å². The first-order chi connectivity index (χ1) is 17.1. The van der Waals surface area contributed by atoms with Crippen molar-refractivity contribution >= 4 is 16.9 Å². The molecule has 0 spiro atoms. The van der Waals surface area contributed by atoms with Crippen LogP contribution in [0.4, 0.5) is 0 Å². The average molecular weight is 470 g/mol. The van der Waals surface area contributed by atoms with Crippen LogP contribution in [-0.4, -0.2) is 38.6 Å². The van der Waals surface area contributed by atoms with Crippen LogP contribution in [0.3, 0.4) is 0 Å². The van der Waals surface area contributed by atoms with E-state index in [9.17, 15) is 14.7 Å². The molecule has 1 fully saturated rings. The second-order valence-electron chi connectivity index (χ2n) is 9.62. The van der Waals surface area contributed by atoms with Gasteiger partial charge < -0.3 is 19.4 Å². The Hall–Kier alpha value is -3.84. The third-order valence-electron chi connectivity index (χ3n) is 7.34. The van der Waals surface area contributed by atoms with Gasteiger partial charge >= 0.3 is 5.97 Å². The van der Waals surface area contributed by atoms with E-state index in [1.807, 2.05) is 65.4 Å². The van der Waals surface area contributed by atoms with E-state index in [4.69, 9.17) is 4.74 Å².